The van der Waals surface area contributed by atoms with Crippen LogP contribution in [0.5, 0.6) is 11.5 Å². The summed E-state index contributed by atoms with van der Waals surface area (Å²) in [5.74, 6) is -1.10. The summed E-state index contributed by atoms with van der Waals surface area (Å²) in [5, 5.41) is 20.4. The molecule has 0 atom stereocenters. The van der Waals surface area contributed by atoms with Crippen molar-refractivity contribution < 1.29 is 24.3 Å². The highest BCUT2D eigenvalue weighted by molar-refractivity contribution is 5.94. The number of nitro benzene ring substituents is 1. The second kappa shape index (κ2) is 6.78. The Hall–Kier alpha value is -3.09. The van der Waals surface area contributed by atoms with Gasteiger partial charge in [0.25, 0.3) is 5.69 Å². The zero-order chi connectivity index (χ0) is 17.0. The minimum atomic E-state index is -1.40. The number of carbonyl (C=O) groups is 1. The summed E-state index contributed by atoms with van der Waals surface area (Å²) in [6.07, 6.45) is 0. The molecule has 120 valence electrons. The van der Waals surface area contributed by atoms with Gasteiger partial charge in [0.15, 0.2) is 11.5 Å². The fraction of sp³-hybridized carbons (Fsp3) is 0.188. The normalized spacial score (nSPS) is 10.2. The Morgan fingerprint density at radius 3 is 2.48 bits per heavy atom. The average Bonchev–Trinajstić information content (AvgIpc) is 2.53. The van der Waals surface area contributed by atoms with Gasteiger partial charge in [-0.1, -0.05) is 30.3 Å². The molecule has 0 radical (unpaired) electrons. The highest BCUT2D eigenvalue weighted by Crippen LogP contribution is 2.40. The molecule has 0 amide bonds. The molecule has 2 aromatic rings. The Morgan fingerprint density at radius 1 is 1.30 bits per heavy atom. The van der Waals surface area contributed by atoms with E-state index in [-0.39, 0.29) is 23.7 Å². The molecule has 0 unspecified atom stereocenters. The van der Waals surface area contributed by atoms with E-state index in [4.69, 9.17) is 14.6 Å². The van der Waals surface area contributed by atoms with Gasteiger partial charge >= 0.3 is 5.97 Å². The molecule has 1 N–H and O–H groups in total. The standard InChI is InChI=1S/C16H15NO6/c1-10-14(17(20)21)12(16(18)19)8-13(22-2)15(10)23-9-11-6-4-3-5-7-11/h3-8H,9H2,1-2H3,(H,18,19). The quantitative estimate of drug-likeness (QED) is 0.649. The van der Waals surface area contributed by atoms with Crippen molar-refractivity contribution in [2.24, 2.45) is 0 Å². The summed E-state index contributed by atoms with van der Waals surface area (Å²) >= 11 is 0. The fourth-order valence-corrected chi connectivity index (χ4v) is 2.22. The van der Waals surface area contributed by atoms with Gasteiger partial charge in [0.05, 0.1) is 17.6 Å². The molecule has 7 heteroatoms. The smallest absolute Gasteiger partial charge is 0.342 e. The maximum Gasteiger partial charge on any atom is 0.342 e. The van der Waals surface area contributed by atoms with Crippen LogP contribution in [0.25, 0.3) is 0 Å². The lowest BCUT2D eigenvalue weighted by Crippen LogP contribution is -2.08. The van der Waals surface area contributed by atoms with Gasteiger partial charge in [-0.25, -0.2) is 4.79 Å². The lowest BCUT2D eigenvalue weighted by molar-refractivity contribution is -0.385. The van der Waals surface area contributed by atoms with E-state index < -0.39 is 22.1 Å². The third kappa shape index (κ3) is 3.39. The van der Waals surface area contributed by atoms with Crippen molar-refractivity contribution in [3.05, 3.63) is 63.2 Å². The molecular weight excluding hydrogens is 302 g/mol. The van der Waals surface area contributed by atoms with E-state index in [9.17, 15) is 14.9 Å². The minimum absolute atomic E-state index is 0.114. The first kappa shape index (κ1) is 16.3. The molecule has 7 nitrogen and oxygen atoms in total. The van der Waals surface area contributed by atoms with Gasteiger partial charge in [-0.3, -0.25) is 10.1 Å². The van der Waals surface area contributed by atoms with Crippen LogP contribution in [0, 0.1) is 17.0 Å². The summed E-state index contributed by atoms with van der Waals surface area (Å²) in [6.45, 7) is 1.62. The van der Waals surface area contributed by atoms with Crippen LogP contribution in [0.4, 0.5) is 5.69 Å². The van der Waals surface area contributed by atoms with Crippen LogP contribution >= 0.6 is 0 Å². The number of carboxylic acids is 1. The number of nitrogens with zero attached hydrogens (tertiary/aromatic N) is 1. The molecule has 0 spiro atoms. The number of hydrogen-bond donors (Lipinski definition) is 1. The number of rotatable bonds is 6. The highest BCUT2D eigenvalue weighted by atomic mass is 16.6. The van der Waals surface area contributed by atoms with Gasteiger partial charge in [0.2, 0.25) is 0 Å². The van der Waals surface area contributed by atoms with Crippen LogP contribution in [-0.2, 0) is 6.61 Å². The number of nitro groups is 1. The molecule has 0 heterocycles. The lowest BCUT2D eigenvalue weighted by Gasteiger charge is -2.15. The minimum Gasteiger partial charge on any atom is -0.493 e. The summed E-state index contributed by atoms with van der Waals surface area (Å²) in [4.78, 5) is 21.7. The van der Waals surface area contributed by atoms with Crippen LogP contribution in [0.2, 0.25) is 0 Å². The number of carboxylic acid groups (broad SMARTS) is 1. The molecule has 0 saturated carbocycles. The number of aromatic carboxylic acids is 1. The van der Waals surface area contributed by atoms with E-state index in [1.54, 1.807) is 0 Å². The Morgan fingerprint density at radius 2 is 1.96 bits per heavy atom. The first-order valence-electron chi connectivity index (χ1n) is 6.71. The van der Waals surface area contributed by atoms with Crippen molar-refractivity contribution in [2.75, 3.05) is 7.11 Å². The van der Waals surface area contributed by atoms with Crippen LogP contribution < -0.4 is 9.47 Å². The molecular formula is C16H15NO6. The maximum absolute atomic E-state index is 11.2. The van der Waals surface area contributed by atoms with E-state index in [0.29, 0.717) is 0 Å². The molecule has 0 bridgehead atoms. The van der Waals surface area contributed by atoms with Crippen molar-refractivity contribution in [3.63, 3.8) is 0 Å². The summed E-state index contributed by atoms with van der Waals surface area (Å²) < 4.78 is 10.8. The summed E-state index contributed by atoms with van der Waals surface area (Å²) in [6, 6.07) is 10.4. The first-order chi connectivity index (χ1) is 11.0. The van der Waals surface area contributed by atoms with E-state index in [2.05, 4.69) is 0 Å². The van der Waals surface area contributed by atoms with Gasteiger partial charge < -0.3 is 14.6 Å². The largest absolute Gasteiger partial charge is 0.493 e. The van der Waals surface area contributed by atoms with Crippen LogP contribution in [-0.4, -0.2) is 23.1 Å². The second-order valence-electron chi connectivity index (χ2n) is 4.77. The maximum atomic E-state index is 11.2. The van der Waals surface area contributed by atoms with Crippen LogP contribution in [0.15, 0.2) is 36.4 Å². The van der Waals surface area contributed by atoms with Crippen molar-refractivity contribution in [1.82, 2.24) is 0 Å². The summed E-state index contributed by atoms with van der Waals surface area (Å²) in [7, 11) is 1.35. The van der Waals surface area contributed by atoms with Crippen molar-refractivity contribution in [3.8, 4) is 11.5 Å². The van der Waals surface area contributed by atoms with Crippen LogP contribution in [0.3, 0.4) is 0 Å². The van der Waals surface area contributed by atoms with E-state index >= 15 is 0 Å². The molecule has 0 aromatic heterocycles. The van der Waals surface area contributed by atoms with E-state index in [1.165, 1.54) is 14.0 Å². The molecule has 23 heavy (non-hydrogen) atoms. The second-order valence-corrected chi connectivity index (χ2v) is 4.77. The monoisotopic (exact) mass is 317 g/mol. The highest BCUT2D eigenvalue weighted by Gasteiger charge is 2.29. The van der Waals surface area contributed by atoms with Gasteiger partial charge in [-0.15, -0.1) is 0 Å². The third-order valence-corrected chi connectivity index (χ3v) is 3.31. The molecule has 0 aliphatic rings. The molecule has 0 fully saturated rings. The number of benzene rings is 2. The predicted molar refractivity (Wildman–Crippen MR) is 82.1 cm³/mol. The molecule has 2 aromatic carbocycles. The predicted octanol–water partition coefficient (Wildman–Crippen LogP) is 3.19. The van der Waals surface area contributed by atoms with Crippen molar-refractivity contribution >= 4 is 11.7 Å². The Kier molecular flexibility index (Phi) is 4.80. The van der Waals surface area contributed by atoms with Crippen molar-refractivity contribution in [1.29, 1.82) is 0 Å². The van der Waals surface area contributed by atoms with E-state index in [1.807, 2.05) is 30.3 Å². The SMILES string of the molecule is COc1cc(C(=O)O)c([N+](=O)[O-])c(C)c1OCc1ccccc1. The van der Waals surface area contributed by atoms with Gasteiger partial charge in [-0.05, 0) is 12.5 Å². The van der Waals surface area contributed by atoms with Gasteiger partial charge in [0, 0.05) is 6.07 Å². The molecule has 0 saturated heterocycles. The molecule has 0 aliphatic carbocycles. The molecule has 2 rings (SSSR count). The van der Waals surface area contributed by atoms with Crippen LogP contribution in [0.1, 0.15) is 21.5 Å². The van der Waals surface area contributed by atoms with Gasteiger partial charge in [0.1, 0.15) is 12.2 Å². The van der Waals surface area contributed by atoms with Crippen molar-refractivity contribution in [2.45, 2.75) is 13.5 Å². The third-order valence-electron chi connectivity index (χ3n) is 3.31. The number of hydrogen-bond acceptors (Lipinski definition) is 5. The number of methoxy groups -OCH3 is 1. The van der Waals surface area contributed by atoms with E-state index in [0.717, 1.165) is 11.6 Å². The average molecular weight is 317 g/mol. The Balaban J connectivity index is 2.47. The summed E-state index contributed by atoms with van der Waals surface area (Å²) in [5.41, 5.74) is 0.0550. The Bertz CT molecular complexity index is 742. The fourth-order valence-electron chi connectivity index (χ4n) is 2.22. The van der Waals surface area contributed by atoms with Gasteiger partial charge in [-0.2, -0.15) is 0 Å². The number of ether oxygens (including phenoxy) is 2. The Labute approximate surface area is 132 Å². The zero-order valence-electron chi connectivity index (χ0n) is 12.6. The molecule has 0 aliphatic heterocycles. The first-order valence-corrected chi connectivity index (χ1v) is 6.71. The zero-order valence-corrected chi connectivity index (χ0v) is 12.6. The topological polar surface area (TPSA) is 98.9 Å². The lowest BCUT2D eigenvalue weighted by atomic mass is 10.1.